The van der Waals surface area contributed by atoms with Crippen molar-refractivity contribution in [1.82, 2.24) is 0 Å². The zero-order valence-electron chi connectivity index (χ0n) is 10.3. The van der Waals surface area contributed by atoms with E-state index in [0.717, 1.165) is 31.3 Å². The normalized spacial score (nSPS) is 13.5. The number of ether oxygens (including phenoxy) is 2. The predicted molar refractivity (Wildman–Crippen MR) is 65.8 cm³/mol. The summed E-state index contributed by atoms with van der Waals surface area (Å²) in [4.78, 5) is 0. The van der Waals surface area contributed by atoms with Gasteiger partial charge in [0.05, 0.1) is 6.61 Å². The molecule has 0 fully saturated rings. The van der Waals surface area contributed by atoms with Crippen LogP contribution in [0.3, 0.4) is 0 Å². The van der Waals surface area contributed by atoms with Crippen molar-refractivity contribution in [2.24, 2.45) is 0 Å². The largest absolute Gasteiger partial charge is 0.400 e. The molecule has 4 heteroatoms. The van der Waals surface area contributed by atoms with Crippen LogP contribution < -0.4 is 0 Å². The summed E-state index contributed by atoms with van der Waals surface area (Å²) in [5, 5.41) is 0. The van der Waals surface area contributed by atoms with Crippen LogP contribution >= 0.6 is 0 Å². The second-order valence-corrected chi connectivity index (χ2v) is 5.06. The van der Waals surface area contributed by atoms with Gasteiger partial charge in [0.25, 0.3) is 0 Å². The van der Waals surface area contributed by atoms with Gasteiger partial charge in [-0.2, -0.15) is 0 Å². The van der Waals surface area contributed by atoms with Gasteiger partial charge < -0.3 is 13.9 Å². The van der Waals surface area contributed by atoms with Crippen LogP contribution in [0.5, 0.6) is 0 Å². The average molecular weight is 232 g/mol. The Morgan fingerprint density at radius 3 is 2.80 bits per heavy atom. The van der Waals surface area contributed by atoms with E-state index in [1.807, 2.05) is 20.8 Å². The van der Waals surface area contributed by atoms with E-state index in [1.54, 1.807) is 0 Å². The average Bonchev–Trinajstić information content (AvgIpc) is 2.16. The summed E-state index contributed by atoms with van der Waals surface area (Å²) in [6, 6.07) is 1.15. The third-order valence-corrected chi connectivity index (χ3v) is 3.28. The van der Waals surface area contributed by atoms with Gasteiger partial charge in [-0.05, 0) is 33.2 Å². The summed E-state index contributed by atoms with van der Waals surface area (Å²) in [6.45, 7) is 11.9. The Bertz CT molecular complexity index is 162. The van der Waals surface area contributed by atoms with E-state index < -0.39 is 9.76 Å². The first-order valence-corrected chi connectivity index (χ1v) is 7.20. The fourth-order valence-corrected chi connectivity index (χ4v) is 2.09. The van der Waals surface area contributed by atoms with Crippen molar-refractivity contribution in [3.63, 3.8) is 0 Å². The van der Waals surface area contributed by atoms with Gasteiger partial charge >= 0.3 is 0 Å². The Labute approximate surface area is 95.7 Å². The molecule has 1 atom stereocenters. The molecule has 0 aliphatic carbocycles. The van der Waals surface area contributed by atoms with Gasteiger partial charge in [-0.3, -0.25) is 0 Å². The van der Waals surface area contributed by atoms with Crippen molar-refractivity contribution in [3.05, 3.63) is 12.2 Å². The lowest BCUT2D eigenvalue weighted by molar-refractivity contribution is -0.0607. The van der Waals surface area contributed by atoms with E-state index in [2.05, 4.69) is 6.58 Å². The molecule has 0 saturated carbocycles. The van der Waals surface area contributed by atoms with E-state index in [1.165, 1.54) is 0 Å². The molecular weight excluding hydrogens is 208 g/mol. The highest BCUT2D eigenvalue weighted by Crippen LogP contribution is 1.97. The monoisotopic (exact) mass is 232 g/mol. The quantitative estimate of drug-likeness (QED) is 0.249. The molecule has 0 aromatic carbocycles. The highest BCUT2D eigenvalue weighted by Gasteiger charge is 1.99. The van der Waals surface area contributed by atoms with Crippen LogP contribution in [0.1, 0.15) is 27.2 Å². The van der Waals surface area contributed by atoms with E-state index in [4.69, 9.17) is 13.9 Å². The zero-order valence-corrected chi connectivity index (χ0v) is 11.7. The summed E-state index contributed by atoms with van der Waals surface area (Å²) in [5.41, 5.74) is 1.08. The van der Waals surface area contributed by atoms with Gasteiger partial charge in [-0.15, -0.1) is 0 Å². The Kier molecular flexibility index (Phi) is 10.2. The Balaban J connectivity index is 3.07. The molecule has 0 spiro atoms. The number of hydrogen-bond acceptors (Lipinski definition) is 3. The van der Waals surface area contributed by atoms with Crippen molar-refractivity contribution < 1.29 is 13.9 Å². The molecule has 1 unspecified atom stereocenters. The second-order valence-electron chi connectivity index (χ2n) is 3.61. The molecule has 0 bridgehead atoms. The Hall–Kier alpha value is -0.163. The van der Waals surface area contributed by atoms with Crippen LogP contribution in [-0.4, -0.2) is 35.9 Å². The molecule has 0 aromatic rings. The Morgan fingerprint density at radius 1 is 1.47 bits per heavy atom. The maximum Gasteiger partial charge on any atom is 0.165 e. The van der Waals surface area contributed by atoms with E-state index in [9.17, 15) is 0 Å². The lowest BCUT2D eigenvalue weighted by Gasteiger charge is -2.12. The molecule has 0 amide bonds. The highest BCUT2D eigenvalue weighted by atomic mass is 28.2. The summed E-state index contributed by atoms with van der Waals surface area (Å²) < 4.78 is 16.2. The summed E-state index contributed by atoms with van der Waals surface area (Å²) >= 11 is 0. The first kappa shape index (κ1) is 14.8. The molecule has 3 nitrogen and oxygen atoms in total. The van der Waals surface area contributed by atoms with Crippen molar-refractivity contribution in [2.75, 3.05) is 19.8 Å². The summed E-state index contributed by atoms with van der Waals surface area (Å²) in [7, 11) is -0.431. The molecule has 0 aromatic heterocycles. The standard InChI is InChI=1S/C11H24O3Si/c1-5-13-11(4)14-15-8-6-7-12-9-10(2)3/h11H,2,5-9,15H2,1,3-4H3. The third kappa shape index (κ3) is 11.8. The van der Waals surface area contributed by atoms with Crippen LogP contribution in [0, 0.1) is 0 Å². The van der Waals surface area contributed by atoms with Crippen molar-refractivity contribution in [2.45, 2.75) is 39.5 Å². The van der Waals surface area contributed by atoms with Gasteiger partial charge in [0.15, 0.2) is 9.76 Å². The molecule has 0 heterocycles. The highest BCUT2D eigenvalue weighted by molar-refractivity contribution is 6.27. The summed E-state index contributed by atoms with van der Waals surface area (Å²) in [5.74, 6) is 0. The summed E-state index contributed by atoms with van der Waals surface area (Å²) in [6.07, 6.45) is 1.05. The fraction of sp³-hybridized carbons (Fsp3) is 0.818. The molecule has 15 heavy (non-hydrogen) atoms. The van der Waals surface area contributed by atoms with Crippen LogP contribution in [0.25, 0.3) is 0 Å². The van der Waals surface area contributed by atoms with Crippen LogP contribution in [0.2, 0.25) is 6.04 Å². The van der Waals surface area contributed by atoms with Crippen molar-refractivity contribution in [3.8, 4) is 0 Å². The fourth-order valence-electron chi connectivity index (χ4n) is 1.08. The zero-order chi connectivity index (χ0) is 11.5. The van der Waals surface area contributed by atoms with E-state index in [0.29, 0.717) is 6.61 Å². The maximum atomic E-state index is 5.55. The van der Waals surface area contributed by atoms with Crippen LogP contribution in [-0.2, 0) is 13.9 Å². The lowest BCUT2D eigenvalue weighted by atomic mass is 10.4. The van der Waals surface area contributed by atoms with Crippen LogP contribution in [0.4, 0.5) is 0 Å². The topological polar surface area (TPSA) is 27.7 Å². The molecule has 0 radical (unpaired) electrons. The van der Waals surface area contributed by atoms with E-state index in [-0.39, 0.29) is 6.29 Å². The third-order valence-electron chi connectivity index (χ3n) is 1.79. The lowest BCUT2D eigenvalue weighted by Crippen LogP contribution is -2.15. The van der Waals surface area contributed by atoms with E-state index >= 15 is 0 Å². The minimum Gasteiger partial charge on any atom is -0.400 e. The Morgan fingerprint density at radius 2 is 2.20 bits per heavy atom. The SMILES string of the molecule is C=C(C)COCCC[SiH2]OC(C)OCC. The van der Waals surface area contributed by atoms with Gasteiger partial charge in [-0.1, -0.05) is 12.2 Å². The van der Waals surface area contributed by atoms with Gasteiger partial charge in [-0.25, -0.2) is 0 Å². The van der Waals surface area contributed by atoms with Gasteiger partial charge in [0.2, 0.25) is 0 Å². The first-order valence-electron chi connectivity index (χ1n) is 5.62. The van der Waals surface area contributed by atoms with Gasteiger partial charge in [0, 0.05) is 13.2 Å². The van der Waals surface area contributed by atoms with Gasteiger partial charge in [0.1, 0.15) is 6.29 Å². The second kappa shape index (κ2) is 10.4. The minimum atomic E-state index is -0.431. The molecule has 90 valence electrons. The van der Waals surface area contributed by atoms with Crippen LogP contribution in [0.15, 0.2) is 12.2 Å². The smallest absolute Gasteiger partial charge is 0.165 e. The molecule has 0 aliphatic rings. The maximum absolute atomic E-state index is 5.55. The predicted octanol–water partition coefficient (Wildman–Crippen LogP) is 1.87. The number of hydrogen-bond donors (Lipinski definition) is 0. The molecule has 0 aliphatic heterocycles. The molecular formula is C11H24O3Si. The minimum absolute atomic E-state index is 0.0296. The number of rotatable bonds is 10. The van der Waals surface area contributed by atoms with Crippen molar-refractivity contribution >= 4 is 9.76 Å². The van der Waals surface area contributed by atoms with Crippen molar-refractivity contribution in [1.29, 1.82) is 0 Å². The first-order chi connectivity index (χ1) is 7.16. The molecule has 0 rings (SSSR count). The molecule has 0 N–H and O–H groups in total. The molecule has 0 saturated heterocycles.